The number of carbonyl (C=O) groups excluding carboxylic acids is 2. The van der Waals surface area contributed by atoms with Crippen LogP contribution in [-0.2, 0) is 9.59 Å². The van der Waals surface area contributed by atoms with Gasteiger partial charge in [-0.15, -0.1) is 0 Å². The smallest absolute Gasteiger partial charge is 0.244 e. The molecule has 0 fully saturated rings. The fourth-order valence-corrected chi connectivity index (χ4v) is 2.15. The minimum absolute atomic E-state index is 0.0804. The zero-order chi connectivity index (χ0) is 16.8. The van der Waals surface area contributed by atoms with E-state index in [0.29, 0.717) is 22.1 Å². The van der Waals surface area contributed by atoms with Gasteiger partial charge in [0.25, 0.3) is 0 Å². The highest BCUT2D eigenvalue weighted by Gasteiger charge is 2.15. The van der Waals surface area contributed by atoms with Crippen molar-refractivity contribution in [2.24, 2.45) is 0 Å². The Kier molecular flexibility index (Phi) is 5.60. The molecule has 1 N–H and O–H groups in total. The van der Waals surface area contributed by atoms with Gasteiger partial charge in [0.1, 0.15) is 12.3 Å². The molecule has 0 heterocycles. The number of methoxy groups -OCH3 is 1. The van der Waals surface area contributed by atoms with Crippen molar-refractivity contribution in [2.75, 3.05) is 23.9 Å². The van der Waals surface area contributed by atoms with Crippen LogP contribution >= 0.6 is 11.6 Å². The second kappa shape index (κ2) is 7.65. The van der Waals surface area contributed by atoms with Gasteiger partial charge in [-0.25, -0.2) is 0 Å². The predicted molar refractivity (Wildman–Crippen MR) is 91.1 cm³/mol. The summed E-state index contributed by atoms with van der Waals surface area (Å²) in [4.78, 5) is 25.3. The van der Waals surface area contributed by atoms with Crippen molar-refractivity contribution in [3.8, 4) is 5.75 Å². The molecule has 0 atom stereocenters. The molecule has 0 unspecified atom stereocenters. The second-order valence-corrected chi connectivity index (χ2v) is 5.29. The maximum absolute atomic E-state index is 12.2. The van der Waals surface area contributed by atoms with E-state index in [-0.39, 0.29) is 18.4 Å². The number of carbonyl (C=O) groups is 2. The van der Waals surface area contributed by atoms with Crippen molar-refractivity contribution in [1.82, 2.24) is 0 Å². The first-order valence-electron chi connectivity index (χ1n) is 6.97. The van der Waals surface area contributed by atoms with Crippen LogP contribution in [0.4, 0.5) is 11.4 Å². The van der Waals surface area contributed by atoms with Gasteiger partial charge in [0, 0.05) is 23.3 Å². The molecule has 120 valence electrons. The standard InChI is InChI=1S/C17H17ClN2O3/c1-12(21)20(15-7-3-13(18)4-8-15)11-17(22)19-14-5-9-16(23-2)10-6-14/h3-10H,11H2,1-2H3,(H,19,22). The fraction of sp³-hybridized carbons (Fsp3) is 0.176. The van der Waals surface area contributed by atoms with Crippen LogP contribution in [0, 0.1) is 0 Å². The lowest BCUT2D eigenvalue weighted by Gasteiger charge is -2.20. The number of benzene rings is 2. The summed E-state index contributed by atoms with van der Waals surface area (Å²) in [5.74, 6) is 0.187. The van der Waals surface area contributed by atoms with Crippen LogP contribution < -0.4 is 15.0 Å². The molecule has 0 saturated carbocycles. The van der Waals surface area contributed by atoms with E-state index in [1.165, 1.54) is 11.8 Å². The molecule has 0 bridgehead atoms. The summed E-state index contributed by atoms with van der Waals surface area (Å²) in [6.07, 6.45) is 0. The zero-order valence-corrected chi connectivity index (χ0v) is 13.6. The number of nitrogens with one attached hydrogen (secondary N) is 1. The Morgan fingerprint density at radius 3 is 2.22 bits per heavy atom. The molecule has 6 heteroatoms. The van der Waals surface area contributed by atoms with Gasteiger partial charge in [0.15, 0.2) is 0 Å². The normalized spacial score (nSPS) is 10.0. The van der Waals surface area contributed by atoms with E-state index in [2.05, 4.69) is 5.32 Å². The van der Waals surface area contributed by atoms with Crippen molar-refractivity contribution in [1.29, 1.82) is 0 Å². The molecule has 5 nitrogen and oxygen atoms in total. The van der Waals surface area contributed by atoms with Crippen LogP contribution in [-0.4, -0.2) is 25.5 Å². The van der Waals surface area contributed by atoms with Crippen LogP contribution in [0.1, 0.15) is 6.92 Å². The van der Waals surface area contributed by atoms with E-state index < -0.39 is 0 Å². The van der Waals surface area contributed by atoms with E-state index >= 15 is 0 Å². The van der Waals surface area contributed by atoms with E-state index in [1.807, 2.05) is 0 Å². The van der Waals surface area contributed by atoms with Crippen LogP contribution in [0.5, 0.6) is 5.75 Å². The zero-order valence-electron chi connectivity index (χ0n) is 12.9. The van der Waals surface area contributed by atoms with Crippen LogP contribution in [0.25, 0.3) is 0 Å². The summed E-state index contributed by atoms with van der Waals surface area (Å²) in [7, 11) is 1.57. The summed E-state index contributed by atoms with van der Waals surface area (Å²) in [5.41, 5.74) is 1.25. The molecule has 2 aromatic rings. The molecular weight excluding hydrogens is 316 g/mol. The number of rotatable bonds is 5. The lowest BCUT2D eigenvalue weighted by molar-refractivity contribution is -0.120. The third kappa shape index (κ3) is 4.72. The Morgan fingerprint density at radius 1 is 1.09 bits per heavy atom. The first kappa shape index (κ1) is 16.8. The SMILES string of the molecule is COc1ccc(NC(=O)CN(C(C)=O)c2ccc(Cl)cc2)cc1. The Labute approximate surface area is 139 Å². The average molecular weight is 333 g/mol. The van der Waals surface area contributed by atoms with E-state index in [1.54, 1.807) is 55.6 Å². The van der Waals surface area contributed by atoms with Gasteiger partial charge in [-0.3, -0.25) is 9.59 Å². The van der Waals surface area contributed by atoms with Crippen molar-refractivity contribution in [3.63, 3.8) is 0 Å². The highest BCUT2D eigenvalue weighted by atomic mass is 35.5. The predicted octanol–water partition coefficient (Wildman–Crippen LogP) is 3.34. The quantitative estimate of drug-likeness (QED) is 0.913. The highest BCUT2D eigenvalue weighted by Crippen LogP contribution is 2.19. The van der Waals surface area contributed by atoms with Crippen molar-refractivity contribution in [2.45, 2.75) is 6.92 Å². The average Bonchev–Trinajstić information content (AvgIpc) is 2.54. The first-order valence-corrected chi connectivity index (χ1v) is 7.35. The topological polar surface area (TPSA) is 58.6 Å². The molecule has 23 heavy (non-hydrogen) atoms. The van der Waals surface area contributed by atoms with Crippen LogP contribution in [0.15, 0.2) is 48.5 Å². The first-order chi connectivity index (χ1) is 11.0. The summed E-state index contributed by atoms with van der Waals surface area (Å²) in [5, 5.41) is 3.31. The van der Waals surface area contributed by atoms with Crippen LogP contribution in [0.3, 0.4) is 0 Å². The molecule has 0 saturated heterocycles. The highest BCUT2D eigenvalue weighted by molar-refractivity contribution is 6.30. The minimum Gasteiger partial charge on any atom is -0.497 e. The maximum atomic E-state index is 12.2. The lowest BCUT2D eigenvalue weighted by atomic mass is 10.2. The van der Waals surface area contributed by atoms with Gasteiger partial charge in [-0.05, 0) is 48.5 Å². The third-order valence-corrected chi connectivity index (χ3v) is 3.45. The Balaban J connectivity index is 2.05. The number of ether oxygens (including phenoxy) is 1. The number of hydrogen-bond donors (Lipinski definition) is 1. The Morgan fingerprint density at radius 2 is 1.70 bits per heavy atom. The number of amides is 2. The monoisotopic (exact) mass is 332 g/mol. The minimum atomic E-state index is -0.291. The van der Waals surface area contributed by atoms with Crippen molar-refractivity contribution < 1.29 is 14.3 Å². The Hall–Kier alpha value is -2.53. The molecule has 0 aromatic heterocycles. The van der Waals surface area contributed by atoms with Gasteiger partial charge in [0.2, 0.25) is 11.8 Å². The summed E-state index contributed by atoms with van der Waals surface area (Å²) < 4.78 is 5.06. The van der Waals surface area contributed by atoms with Crippen molar-refractivity contribution in [3.05, 3.63) is 53.6 Å². The number of nitrogens with zero attached hydrogens (tertiary/aromatic N) is 1. The molecule has 0 spiro atoms. The molecule has 2 aromatic carbocycles. The second-order valence-electron chi connectivity index (χ2n) is 4.86. The molecule has 0 aliphatic heterocycles. The van der Waals surface area contributed by atoms with Gasteiger partial charge >= 0.3 is 0 Å². The van der Waals surface area contributed by atoms with Gasteiger partial charge in [0.05, 0.1) is 7.11 Å². The van der Waals surface area contributed by atoms with E-state index in [9.17, 15) is 9.59 Å². The lowest BCUT2D eigenvalue weighted by Crippen LogP contribution is -2.36. The number of hydrogen-bond acceptors (Lipinski definition) is 3. The fourth-order valence-electron chi connectivity index (χ4n) is 2.02. The summed E-state index contributed by atoms with van der Waals surface area (Å²) in [6, 6.07) is 13.7. The number of anilines is 2. The molecule has 0 radical (unpaired) electrons. The number of halogens is 1. The van der Waals surface area contributed by atoms with Crippen LogP contribution in [0.2, 0.25) is 5.02 Å². The molecule has 0 aliphatic carbocycles. The summed E-state index contributed by atoms with van der Waals surface area (Å²) >= 11 is 5.84. The third-order valence-electron chi connectivity index (χ3n) is 3.19. The van der Waals surface area contributed by atoms with Gasteiger partial charge in [-0.2, -0.15) is 0 Å². The summed E-state index contributed by atoms with van der Waals surface area (Å²) in [6.45, 7) is 1.33. The van der Waals surface area contributed by atoms with Gasteiger partial charge in [-0.1, -0.05) is 11.6 Å². The van der Waals surface area contributed by atoms with Gasteiger partial charge < -0.3 is 15.0 Å². The molecule has 2 amide bonds. The molecular formula is C17H17ClN2O3. The molecule has 2 rings (SSSR count). The molecule has 0 aliphatic rings. The van der Waals surface area contributed by atoms with Crippen molar-refractivity contribution >= 4 is 34.8 Å². The van der Waals surface area contributed by atoms with E-state index in [0.717, 1.165) is 0 Å². The maximum Gasteiger partial charge on any atom is 0.244 e. The Bertz CT molecular complexity index is 684. The van der Waals surface area contributed by atoms with E-state index in [4.69, 9.17) is 16.3 Å². The largest absolute Gasteiger partial charge is 0.497 e.